The molecule has 0 aliphatic rings. The van der Waals surface area contributed by atoms with Crippen LogP contribution >= 0.6 is 0 Å². The zero-order chi connectivity index (χ0) is 10.6. The number of nitrogens with zero attached hydrogens (tertiary/aromatic N) is 2. The number of aromatic nitrogens is 2. The minimum Gasteiger partial charge on any atom is -0.479 e. The molecule has 1 aromatic rings. The Morgan fingerprint density at radius 2 is 2.36 bits per heavy atom. The Morgan fingerprint density at radius 1 is 1.64 bits per heavy atom. The lowest BCUT2D eigenvalue weighted by molar-refractivity contribution is -0.137. The average Bonchev–Trinajstić information content (AvgIpc) is 2.65. The Labute approximate surface area is 79.9 Å². The molecule has 1 atom stereocenters. The summed E-state index contributed by atoms with van der Waals surface area (Å²) >= 11 is 0. The fourth-order valence-electron chi connectivity index (χ4n) is 0.808. The molecule has 14 heavy (non-hydrogen) atoms. The Balaban J connectivity index is 2.64. The molecule has 0 aliphatic carbocycles. The number of carbonyl (C=O) groups excluding carboxylic acids is 1. The monoisotopic (exact) mass is 195 g/mol. The molecular formula is C8H9N3O3. The van der Waals surface area contributed by atoms with Crippen molar-refractivity contribution in [2.75, 3.05) is 0 Å². The maximum Gasteiger partial charge on any atom is 0.330 e. The molecule has 1 amide bonds. The molecule has 0 fully saturated rings. The number of imidazole rings is 1. The van der Waals surface area contributed by atoms with Crippen LogP contribution in [0.5, 0.6) is 0 Å². The molecule has 1 aromatic heterocycles. The lowest BCUT2D eigenvalue weighted by Gasteiger charge is -2.09. The summed E-state index contributed by atoms with van der Waals surface area (Å²) < 4.78 is 1.14. The van der Waals surface area contributed by atoms with Gasteiger partial charge in [-0.2, -0.15) is 0 Å². The van der Waals surface area contributed by atoms with Gasteiger partial charge in [0.05, 0.1) is 0 Å². The third-order valence-corrected chi connectivity index (χ3v) is 1.52. The van der Waals surface area contributed by atoms with E-state index in [0.29, 0.717) is 0 Å². The fraction of sp³-hybridized carbons (Fsp3) is 0.125. The van der Waals surface area contributed by atoms with Crippen LogP contribution in [0.2, 0.25) is 0 Å². The molecule has 1 unspecified atom stereocenters. The highest BCUT2D eigenvalue weighted by Gasteiger charge is 2.16. The Morgan fingerprint density at radius 3 is 2.79 bits per heavy atom. The molecule has 0 aliphatic heterocycles. The second-order valence-corrected chi connectivity index (χ2v) is 2.47. The number of amides is 1. The van der Waals surface area contributed by atoms with E-state index in [9.17, 15) is 9.59 Å². The number of hydrogen-bond donors (Lipinski definition) is 2. The smallest absolute Gasteiger partial charge is 0.330 e. The summed E-state index contributed by atoms with van der Waals surface area (Å²) in [6.07, 6.45) is 5.25. The van der Waals surface area contributed by atoms with Crippen LogP contribution in [-0.4, -0.2) is 32.7 Å². The fourth-order valence-corrected chi connectivity index (χ4v) is 0.808. The van der Waals surface area contributed by atoms with Crippen LogP contribution in [0.1, 0.15) is 0 Å². The van der Waals surface area contributed by atoms with Crippen LogP contribution in [0.25, 0.3) is 0 Å². The van der Waals surface area contributed by atoms with Gasteiger partial charge in [0.1, 0.15) is 12.4 Å². The summed E-state index contributed by atoms with van der Waals surface area (Å²) in [5, 5.41) is 10.8. The minimum absolute atomic E-state index is 0.560. The van der Waals surface area contributed by atoms with Crippen molar-refractivity contribution in [3.05, 3.63) is 31.4 Å². The van der Waals surface area contributed by atoms with Crippen molar-refractivity contribution >= 4 is 12.0 Å². The highest BCUT2D eigenvalue weighted by molar-refractivity contribution is 5.84. The molecule has 0 radical (unpaired) electrons. The van der Waals surface area contributed by atoms with Gasteiger partial charge in [0.15, 0.2) is 0 Å². The standard InChI is InChI=1S/C8H9N3O3/c1-2-6(7(12)13)10-8(14)11-4-3-9-5-11/h2-6H,1H2,(H,10,14)(H,12,13). The predicted molar refractivity (Wildman–Crippen MR) is 47.8 cm³/mol. The van der Waals surface area contributed by atoms with E-state index in [1.807, 2.05) is 0 Å². The van der Waals surface area contributed by atoms with Crippen molar-refractivity contribution in [1.29, 1.82) is 0 Å². The van der Waals surface area contributed by atoms with Crippen molar-refractivity contribution in [1.82, 2.24) is 14.9 Å². The summed E-state index contributed by atoms with van der Waals surface area (Å²) in [5.74, 6) is -1.16. The normalized spacial score (nSPS) is 11.7. The Kier molecular flexibility index (Phi) is 3.01. The topological polar surface area (TPSA) is 84.2 Å². The quantitative estimate of drug-likeness (QED) is 0.669. The number of carboxylic acids is 1. The molecule has 6 heteroatoms. The van der Waals surface area contributed by atoms with Gasteiger partial charge >= 0.3 is 12.0 Å². The molecule has 0 spiro atoms. The van der Waals surface area contributed by atoms with Gasteiger partial charge in [0, 0.05) is 12.4 Å². The van der Waals surface area contributed by atoms with Gasteiger partial charge in [-0.3, -0.25) is 4.57 Å². The Hall–Kier alpha value is -2.11. The first-order valence-electron chi connectivity index (χ1n) is 3.79. The second kappa shape index (κ2) is 4.22. The summed E-state index contributed by atoms with van der Waals surface area (Å²) in [6.45, 7) is 3.30. The molecular weight excluding hydrogens is 186 g/mol. The number of rotatable bonds is 3. The number of hydrogen-bond acceptors (Lipinski definition) is 3. The first-order valence-corrected chi connectivity index (χ1v) is 3.79. The van der Waals surface area contributed by atoms with Crippen LogP contribution in [0.3, 0.4) is 0 Å². The van der Waals surface area contributed by atoms with Crippen LogP contribution in [0.15, 0.2) is 31.4 Å². The summed E-state index contributed by atoms with van der Waals surface area (Å²) in [6, 6.07) is -1.65. The van der Waals surface area contributed by atoms with Gasteiger partial charge < -0.3 is 10.4 Å². The predicted octanol–water partition coefficient (Wildman–Crippen LogP) is 0.0800. The number of carboxylic acid groups (broad SMARTS) is 1. The van der Waals surface area contributed by atoms with Gasteiger partial charge in [-0.05, 0) is 0 Å². The van der Waals surface area contributed by atoms with Crippen molar-refractivity contribution in [2.45, 2.75) is 6.04 Å². The van der Waals surface area contributed by atoms with E-state index in [4.69, 9.17) is 5.11 Å². The largest absolute Gasteiger partial charge is 0.479 e. The second-order valence-electron chi connectivity index (χ2n) is 2.47. The van der Waals surface area contributed by atoms with Gasteiger partial charge in [-0.15, -0.1) is 6.58 Å². The maximum atomic E-state index is 11.3. The van der Waals surface area contributed by atoms with Crippen LogP contribution in [-0.2, 0) is 4.79 Å². The highest BCUT2D eigenvalue weighted by Crippen LogP contribution is 1.89. The molecule has 0 saturated heterocycles. The van der Waals surface area contributed by atoms with Gasteiger partial charge in [0.25, 0.3) is 0 Å². The summed E-state index contributed by atoms with van der Waals surface area (Å²) in [7, 11) is 0. The lowest BCUT2D eigenvalue weighted by Crippen LogP contribution is -2.41. The SMILES string of the molecule is C=CC(NC(=O)n1ccnc1)C(=O)O. The molecule has 0 bridgehead atoms. The van der Waals surface area contributed by atoms with Gasteiger partial charge in [0.2, 0.25) is 0 Å². The van der Waals surface area contributed by atoms with Crippen molar-refractivity contribution in [3.8, 4) is 0 Å². The molecule has 1 rings (SSSR count). The first-order chi connectivity index (χ1) is 6.65. The molecule has 0 saturated carbocycles. The van der Waals surface area contributed by atoms with E-state index in [1.54, 1.807) is 0 Å². The zero-order valence-corrected chi connectivity index (χ0v) is 7.25. The van der Waals surface area contributed by atoms with Gasteiger partial charge in [-0.25, -0.2) is 14.6 Å². The van der Waals surface area contributed by atoms with Crippen molar-refractivity contribution in [2.24, 2.45) is 0 Å². The molecule has 6 nitrogen and oxygen atoms in total. The average molecular weight is 195 g/mol. The van der Waals surface area contributed by atoms with E-state index in [1.165, 1.54) is 18.7 Å². The summed E-state index contributed by atoms with van der Waals surface area (Å²) in [5.41, 5.74) is 0. The van der Waals surface area contributed by atoms with E-state index in [2.05, 4.69) is 16.9 Å². The van der Waals surface area contributed by atoms with Gasteiger partial charge in [-0.1, -0.05) is 6.08 Å². The lowest BCUT2D eigenvalue weighted by atomic mass is 10.3. The van der Waals surface area contributed by atoms with E-state index < -0.39 is 18.0 Å². The molecule has 74 valence electrons. The van der Waals surface area contributed by atoms with Crippen molar-refractivity contribution < 1.29 is 14.7 Å². The number of carbonyl (C=O) groups is 2. The zero-order valence-electron chi connectivity index (χ0n) is 7.25. The summed E-state index contributed by atoms with van der Waals surface area (Å²) in [4.78, 5) is 25.5. The number of aliphatic carboxylic acids is 1. The van der Waals surface area contributed by atoms with Crippen LogP contribution < -0.4 is 5.32 Å². The molecule has 1 heterocycles. The third-order valence-electron chi connectivity index (χ3n) is 1.52. The van der Waals surface area contributed by atoms with Crippen LogP contribution in [0.4, 0.5) is 4.79 Å². The van der Waals surface area contributed by atoms with Crippen LogP contribution in [0, 0.1) is 0 Å². The van der Waals surface area contributed by atoms with Crippen molar-refractivity contribution in [3.63, 3.8) is 0 Å². The molecule has 2 N–H and O–H groups in total. The first kappa shape index (κ1) is 9.97. The highest BCUT2D eigenvalue weighted by atomic mass is 16.4. The Bertz CT molecular complexity index is 345. The van der Waals surface area contributed by atoms with E-state index in [0.717, 1.165) is 10.6 Å². The third kappa shape index (κ3) is 2.19. The van der Waals surface area contributed by atoms with E-state index in [-0.39, 0.29) is 0 Å². The maximum absolute atomic E-state index is 11.3. The molecule has 0 aromatic carbocycles. The minimum atomic E-state index is -1.16. The van der Waals surface area contributed by atoms with E-state index >= 15 is 0 Å². The number of nitrogens with one attached hydrogen (secondary N) is 1.